The van der Waals surface area contributed by atoms with Crippen LogP contribution >= 0.6 is 0 Å². The molecule has 68 valence electrons. The molecule has 4 heteroatoms. The van der Waals surface area contributed by atoms with Gasteiger partial charge in [0.1, 0.15) is 12.6 Å². The van der Waals surface area contributed by atoms with Crippen molar-refractivity contribution < 1.29 is 9.47 Å². The smallest absolute Gasteiger partial charge is 0.117 e. The highest BCUT2D eigenvalue weighted by Crippen LogP contribution is 2.13. The molecule has 0 aliphatic carbocycles. The van der Waals surface area contributed by atoms with Crippen molar-refractivity contribution >= 4 is 5.84 Å². The second kappa shape index (κ2) is 3.87. The number of hydrogen-bond donors (Lipinski definition) is 1. The number of ether oxygens (including phenoxy) is 2. The van der Waals surface area contributed by atoms with E-state index in [1.165, 1.54) is 0 Å². The summed E-state index contributed by atoms with van der Waals surface area (Å²) >= 11 is 0. The number of nitrogens with zero attached hydrogens (tertiary/aromatic N) is 1. The van der Waals surface area contributed by atoms with Crippen LogP contribution in [0.5, 0.6) is 0 Å². The summed E-state index contributed by atoms with van der Waals surface area (Å²) in [6.07, 6.45) is 1.09. The van der Waals surface area contributed by atoms with Gasteiger partial charge in [-0.1, -0.05) is 0 Å². The summed E-state index contributed by atoms with van der Waals surface area (Å²) in [5, 5.41) is 3.17. The molecule has 4 nitrogen and oxygen atoms in total. The Hall–Kier alpha value is -0.610. The van der Waals surface area contributed by atoms with Gasteiger partial charge < -0.3 is 14.8 Å². The molecule has 2 aliphatic rings. The third-order valence-electron chi connectivity index (χ3n) is 2.19. The molecule has 2 heterocycles. The molecule has 12 heavy (non-hydrogen) atoms. The third kappa shape index (κ3) is 1.76. The zero-order valence-corrected chi connectivity index (χ0v) is 7.08. The van der Waals surface area contributed by atoms with Crippen LogP contribution in [0.15, 0.2) is 4.99 Å². The van der Waals surface area contributed by atoms with Crippen LogP contribution < -0.4 is 5.32 Å². The van der Waals surface area contributed by atoms with E-state index in [9.17, 15) is 0 Å². The Morgan fingerprint density at radius 3 is 3.17 bits per heavy atom. The summed E-state index contributed by atoms with van der Waals surface area (Å²) in [5.41, 5.74) is 0. The first-order chi connectivity index (χ1) is 5.97. The zero-order chi connectivity index (χ0) is 8.23. The first kappa shape index (κ1) is 8.01. The van der Waals surface area contributed by atoms with Crippen molar-refractivity contribution in [1.82, 2.24) is 5.32 Å². The van der Waals surface area contributed by atoms with Gasteiger partial charge in [0.15, 0.2) is 0 Å². The number of nitrogens with one attached hydrogen (secondary N) is 1. The fourth-order valence-corrected chi connectivity index (χ4v) is 1.51. The first-order valence-corrected chi connectivity index (χ1v) is 4.40. The molecule has 2 aliphatic heterocycles. The van der Waals surface area contributed by atoms with Gasteiger partial charge in [0.2, 0.25) is 0 Å². The van der Waals surface area contributed by atoms with Crippen molar-refractivity contribution in [2.45, 2.75) is 6.42 Å². The van der Waals surface area contributed by atoms with Crippen LogP contribution in [0.2, 0.25) is 0 Å². The molecule has 1 fully saturated rings. The van der Waals surface area contributed by atoms with Crippen molar-refractivity contribution in [3.05, 3.63) is 0 Å². The van der Waals surface area contributed by atoms with Gasteiger partial charge in [-0.05, 0) is 6.42 Å². The average molecular weight is 170 g/mol. The maximum atomic E-state index is 5.29. The van der Waals surface area contributed by atoms with E-state index < -0.39 is 0 Å². The highest BCUT2D eigenvalue weighted by Gasteiger charge is 2.21. The second-order valence-corrected chi connectivity index (χ2v) is 3.06. The highest BCUT2D eigenvalue weighted by molar-refractivity contribution is 5.84. The fourth-order valence-electron chi connectivity index (χ4n) is 1.51. The molecule has 0 amide bonds. The van der Waals surface area contributed by atoms with E-state index in [0.717, 1.165) is 38.6 Å². The van der Waals surface area contributed by atoms with E-state index in [4.69, 9.17) is 9.47 Å². The lowest BCUT2D eigenvalue weighted by molar-refractivity contribution is 0.141. The average Bonchev–Trinajstić information content (AvgIpc) is 2.48. The van der Waals surface area contributed by atoms with Crippen LogP contribution in [0, 0.1) is 5.92 Å². The quantitative estimate of drug-likeness (QED) is 0.602. The Morgan fingerprint density at radius 1 is 1.33 bits per heavy atom. The van der Waals surface area contributed by atoms with Crippen molar-refractivity contribution in [2.24, 2.45) is 10.9 Å². The van der Waals surface area contributed by atoms with E-state index in [-0.39, 0.29) is 0 Å². The first-order valence-electron chi connectivity index (χ1n) is 4.40. The molecule has 1 unspecified atom stereocenters. The standard InChI is InChI=1S/C8H14N2O2/c1-3-11-5-7(1)8-9-2-4-12-6-10-8/h7H,1-6H2,(H,9,10). The van der Waals surface area contributed by atoms with Gasteiger partial charge in [0.25, 0.3) is 0 Å². The van der Waals surface area contributed by atoms with Gasteiger partial charge in [-0.3, -0.25) is 4.99 Å². The second-order valence-electron chi connectivity index (χ2n) is 3.06. The molecule has 1 N–H and O–H groups in total. The van der Waals surface area contributed by atoms with Gasteiger partial charge in [-0.2, -0.15) is 0 Å². The molecule has 0 bridgehead atoms. The maximum absolute atomic E-state index is 5.29. The van der Waals surface area contributed by atoms with Gasteiger partial charge in [0, 0.05) is 12.5 Å². The predicted octanol–water partition coefficient (Wildman–Crippen LogP) is -0.00130. The molecule has 1 atom stereocenters. The van der Waals surface area contributed by atoms with Gasteiger partial charge in [-0.25, -0.2) is 0 Å². The van der Waals surface area contributed by atoms with Gasteiger partial charge >= 0.3 is 0 Å². The molecule has 2 rings (SSSR count). The largest absolute Gasteiger partial charge is 0.381 e. The molecule has 0 aromatic rings. The van der Waals surface area contributed by atoms with Crippen LogP contribution in [0.1, 0.15) is 6.42 Å². The summed E-state index contributed by atoms with van der Waals surface area (Å²) in [6.45, 7) is 3.77. The lowest BCUT2D eigenvalue weighted by Crippen LogP contribution is -2.31. The minimum Gasteiger partial charge on any atom is -0.381 e. The molecule has 1 saturated heterocycles. The minimum atomic E-state index is 0.478. The Labute approximate surface area is 72.0 Å². The minimum absolute atomic E-state index is 0.478. The number of rotatable bonds is 1. The third-order valence-corrected chi connectivity index (χ3v) is 2.19. The normalized spacial score (nSPS) is 30.7. The fraction of sp³-hybridized carbons (Fsp3) is 0.875. The van der Waals surface area contributed by atoms with E-state index >= 15 is 0 Å². The Balaban J connectivity index is 1.95. The molecule has 0 aromatic heterocycles. The Bertz CT molecular complexity index is 176. The predicted molar refractivity (Wildman–Crippen MR) is 45.2 cm³/mol. The zero-order valence-electron chi connectivity index (χ0n) is 7.08. The SMILES string of the molecule is C1COCNC(C2CCOC2)=N1. The van der Waals surface area contributed by atoms with Gasteiger partial charge in [0.05, 0.1) is 19.8 Å². The maximum Gasteiger partial charge on any atom is 0.117 e. The van der Waals surface area contributed by atoms with Crippen LogP contribution in [0.3, 0.4) is 0 Å². The summed E-state index contributed by atoms with van der Waals surface area (Å²) in [7, 11) is 0. The Kier molecular flexibility index (Phi) is 2.58. The topological polar surface area (TPSA) is 42.8 Å². The van der Waals surface area contributed by atoms with Crippen molar-refractivity contribution in [1.29, 1.82) is 0 Å². The molecule has 0 aromatic carbocycles. The van der Waals surface area contributed by atoms with Crippen LogP contribution in [0.25, 0.3) is 0 Å². The van der Waals surface area contributed by atoms with E-state index in [2.05, 4.69) is 10.3 Å². The molecule has 0 saturated carbocycles. The van der Waals surface area contributed by atoms with Crippen LogP contribution in [-0.4, -0.2) is 38.9 Å². The lowest BCUT2D eigenvalue weighted by Gasteiger charge is -2.11. The monoisotopic (exact) mass is 170 g/mol. The van der Waals surface area contributed by atoms with Crippen LogP contribution in [-0.2, 0) is 9.47 Å². The highest BCUT2D eigenvalue weighted by atomic mass is 16.5. The summed E-state index contributed by atoms with van der Waals surface area (Å²) in [4.78, 5) is 4.41. The molecule has 0 radical (unpaired) electrons. The van der Waals surface area contributed by atoms with Crippen molar-refractivity contribution in [3.63, 3.8) is 0 Å². The summed E-state index contributed by atoms with van der Waals surface area (Å²) < 4.78 is 10.5. The van der Waals surface area contributed by atoms with Crippen LogP contribution in [0.4, 0.5) is 0 Å². The molecular formula is C8H14N2O2. The van der Waals surface area contributed by atoms with E-state index in [1.54, 1.807) is 0 Å². The van der Waals surface area contributed by atoms with E-state index in [0.29, 0.717) is 12.6 Å². The van der Waals surface area contributed by atoms with Crippen molar-refractivity contribution in [3.8, 4) is 0 Å². The number of amidine groups is 1. The summed E-state index contributed by atoms with van der Waals surface area (Å²) in [6, 6.07) is 0. The number of aliphatic imine (C=N–C) groups is 1. The lowest BCUT2D eigenvalue weighted by atomic mass is 10.1. The van der Waals surface area contributed by atoms with Crippen molar-refractivity contribution in [2.75, 3.05) is 33.1 Å². The molecule has 0 spiro atoms. The van der Waals surface area contributed by atoms with Gasteiger partial charge in [-0.15, -0.1) is 0 Å². The molecular weight excluding hydrogens is 156 g/mol. The number of hydrogen-bond acceptors (Lipinski definition) is 4. The summed E-state index contributed by atoms with van der Waals surface area (Å²) in [5.74, 6) is 1.55. The Morgan fingerprint density at radius 2 is 2.33 bits per heavy atom. The van der Waals surface area contributed by atoms with E-state index in [1.807, 2.05) is 0 Å².